The van der Waals surface area contributed by atoms with E-state index in [0.29, 0.717) is 13.0 Å². The Hall–Kier alpha value is 0.210. The van der Waals surface area contributed by atoms with Crippen LogP contribution in [-0.2, 0) is 9.53 Å². The summed E-state index contributed by atoms with van der Waals surface area (Å²) in [7, 11) is 0. The third kappa shape index (κ3) is 32.2. The Morgan fingerprint density at radius 3 is 1.33 bits per heavy atom. The first kappa shape index (κ1) is 35.4. The van der Waals surface area contributed by atoms with E-state index in [1.165, 1.54) is 128 Å². The minimum atomic E-state index is 0. The van der Waals surface area contributed by atoms with Crippen molar-refractivity contribution in [2.45, 2.75) is 168 Å². The quantitative estimate of drug-likeness (QED) is 0.0539. The summed E-state index contributed by atoms with van der Waals surface area (Å²) in [4.78, 5) is 11.8. The Bertz CT molecular complexity index is 395. The molecule has 0 aromatic heterocycles. The van der Waals surface area contributed by atoms with Gasteiger partial charge in [-0.1, -0.05) is 135 Å². The van der Waals surface area contributed by atoms with Gasteiger partial charge >= 0.3 is 35.5 Å². The van der Waals surface area contributed by atoms with Gasteiger partial charge in [-0.05, 0) is 38.5 Å². The molecule has 0 aliphatic rings. The molecule has 0 aromatic carbocycles. The second-order valence-corrected chi connectivity index (χ2v) is 9.74. The fourth-order valence-corrected chi connectivity index (χ4v) is 4.19. The van der Waals surface area contributed by atoms with E-state index in [1.54, 1.807) is 0 Å². The molecule has 33 heavy (non-hydrogen) atoms. The molecule has 0 saturated heterocycles. The zero-order valence-corrected chi connectivity index (χ0v) is 22.1. The second kappa shape index (κ2) is 32.2. The summed E-state index contributed by atoms with van der Waals surface area (Å²) in [5.41, 5.74) is 0. The van der Waals surface area contributed by atoms with E-state index in [0.717, 1.165) is 19.3 Å². The summed E-state index contributed by atoms with van der Waals surface area (Å²) in [6.07, 6.45) is 35.3. The third-order valence-corrected chi connectivity index (χ3v) is 6.40. The molecule has 2 nitrogen and oxygen atoms in total. The first-order chi connectivity index (χ1) is 15.8. The van der Waals surface area contributed by atoms with Gasteiger partial charge in [0.15, 0.2) is 0 Å². The van der Waals surface area contributed by atoms with E-state index in [9.17, 15) is 4.79 Å². The van der Waals surface area contributed by atoms with Crippen LogP contribution in [0.4, 0.5) is 0 Å². The Morgan fingerprint density at radius 2 is 0.879 bits per heavy atom. The number of carbonyl (C=O) groups is 1. The molecule has 0 radical (unpaired) electrons. The normalized spacial score (nSPS) is 11.1. The average Bonchev–Trinajstić information content (AvgIpc) is 2.80. The van der Waals surface area contributed by atoms with Gasteiger partial charge in [0.1, 0.15) is 0 Å². The van der Waals surface area contributed by atoms with Crippen LogP contribution >= 0.6 is 0 Å². The molecule has 3 heteroatoms. The summed E-state index contributed by atoms with van der Waals surface area (Å²) in [5.74, 6) is 0.0125. The van der Waals surface area contributed by atoms with Crippen LogP contribution in [0.25, 0.3) is 0 Å². The van der Waals surface area contributed by atoms with E-state index in [-0.39, 0.29) is 35.5 Å². The standard InChI is InChI=1S/C30H58O2.Na.H/c1-3-5-7-9-11-13-15-16-17-18-19-20-22-24-26-28-30(31)32-29-27-25-23-21-14-12-10-8-6-4-2;;/h16-17H,3-15,18-29H2,1-2H3;;/b17-16-;;. The Kier molecular flexibility index (Phi) is 34.5. The first-order valence-electron chi connectivity index (χ1n) is 14.6. The molecule has 0 unspecified atom stereocenters. The molecule has 0 saturated carbocycles. The second-order valence-electron chi connectivity index (χ2n) is 9.74. The number of carbonyl (C=O) groups excluding carboxylic acids is 1. The molecule has 0 amide bonds. The van der Waals surface area contributed by atoms with Gasteiger partial charge in [0.05, 0.1) is 6.61 Å². The first-order valence-corrected chi connectivity index (χ1v) is 14.6. The minimum absolute atomic E-state index is 0. The predicted molar refractivity (Wildman–Crippen MR) is 149 cm³/mol. The van der Waals surface area contributed by atoms with Crippen LogP contribution in [0.1, 0.15) is 168 Å². The third-order valence-electron chi connectivity index (χ3n) is 6.40. The number of esters is 1. The van der Waals surface area contributed by atoms with Gasteiger partial charge in [0.2, 0.25) is 0 Å². The number of allylic oxidation sites excluding steroid dienone is 2. The molecule has 0 aliphatic heterocycles. The zero-order chi connectivity index (χ0) is 23.4. The van der Waals surface area contributed by atoms with E-state index in [4.69, 9.17) is 4.74 Å². The van der Waals surface area contributed by atoms with E-state index in [1.807, 2.05) is 0 Å². The van der Waals surface area contributed by atoms with Crippen molar-refractivity contribution in [3.63, 3.8) is 0 Å². The zero-order valence-electron chi connectivity index (χ0n) is 22.1. The van der Waals surface area contributed by atoms with Gasteiger partial charge in [-0.3, -0.25) is 4.79 Å². The van der Waals surface area contributed by atoms with Gasteiger partial charge < -0.3 is 4.74 Å². The van der Waals surface area contributed by atoms with Crippen LogP contribution in [0.2, 0.25) is 0 Å². The summed E-state index contributed by atoms with van der Waals surface area (Å²) < 4.78 is 5.39. The van der Waals surface area contributed by atoms with Crippen molar-refractivity contribution < 1.29 is 9.53 Å². The molecule has 0 bridgehead atoms. The number of hydrogen-bond donors (Lipinski definition) is 0. The van der Waals surface area contributed by atoms with Crippen LogP contribution in [0.15, 0.2) is 12.2 Å². The number of hydrogen-bond acceptors (Lipinski definition) is 2. The van der Waals surface area contributed by atoms with Crippen LogP contribution < -0.4 is 0 Å². The molecule has 0 atom stereocenters. The van der Waals surface area contributed by atoms with Crippen molar-refractivity contribution in [2.75, 3.05) is 6.61 Å². The number of unbranched alkanes of at least 4 members (excludes halogenated alkanes) is 20. The maximum absolute atomic E-state index is 11.8. The molecule has 0 heterocycles. The van der Waals surface area contributed by atoms with Crippen molar-refractivity contribution in [3.8, 4) is 0 Å². The Morgan fingerprint density at radius 1 is 0.515 bits per heavy atom. The van der Waals surface area contributed by atoms with Crippen LogP contribution in [0.3, 0.4) is 0 Å². The maximum atomic E-state index is 11.8. The molecule has 0 N–H and O–H groups in total. The molecule has 0 rings (SSSR count). The fourth-order valence-electron chi connectivity index (χ4n) is 4.19. The average molecular weight is 475 g/mol. The summed E-state index contributed by atoms with van der Waals surface area (Å²) in [6.45, 7) is 5.17. The van der Waals surface area contributed by atoms with Crippen LogP contribution in [0, 0.1) is 0 Å². The summed E-state index contributed by atoms with van der Waals surface area (Å²) in [6, 6.07) is 0. The van der Waals surface area contributed by atoms with E-state index >= 15 is 0 Å². The fraction of sp³-hybridized carbons (Fsp3) is 0.900. The van der Waals surface area contributed by atoms with E-state index in [2.05, 4.69) is 26.0 Å². The molecule has 0 aliphatic carbocycles. The monoisotopic (exact) mass is 474 g/mol. The van der Waals surface area contributed by atoms with Gasteiger partial charge in [0.25, 0.3) is 0 Å². The van der Waals surface area contributed by atoms with E-state index < -0.39 is 0 Å². The van der Waals surface area contributed by atoms with Gasteiger partial charge in [-0.2, -0.15) is 0 Å². The van der Waals surface area contributed by atoms with Gasteiger partial charge in [-0.25, -0.2) is 0 Å². The Labute approximate surface area is 230 Å². The molecular formula is C30H59NaO2. The van der Waals surface area contributed by atoms with Crippen molar-refractivity contribution in [3.05, 3.63) is 12.2 Å². The topological polar surface area (TPSA) is 26.3 Å². The summed E-state index contributed by atoms with van der Waals surface area (Å²) in [5, 5.41) is 0. The molecule has 0 aromatic rings. The Balaban J connectivity index is 0. The van der Waals surface area contributed by atoms with Crippen LogP contribution in [-0.4, -0.2) is 42.1 Å². The van der Waals surface area contributed by atoms with Crippen molar-refractivity contribution in [2.24, 2.45) is 0 Å². The number of ether oxygens (including phenoxy) is 1. The summed E-state index contributed by atoms with van der Waals surface area (Å²) >= 11 is 0. The van der Waals surface area contributed by atoms with Crippen molar-refractivity contribution in [1.29, 1.82) is 0 Å². The van der Waals surface area contributed by atoms with Crippen molar-refractivity contribution >= 4 is 35.5 Å². The van der Waals surface area contributed by atoms with Crippen LogP contribution in [0.5, 0.6) is 0 Å². The molecule has 192 valence electrons. The van der Waals surface area contributed by atoms with Crippen molar-refractivity contribution in [1.82, 2.24) is 0 Å². The van der Waals surface area contributed by atoms with Gasteiger partial charge in [-0.15, -0.1) is 0 Å². The predicted octanol–water partition coefficient (Wildman–Crippen LogP) is 9.84. The molecule has 0 fully saturated rings. The SMILES string of the molecule is CCCCCCCC/C=C\CCCCCCCC(=O)OCCCCCCCCCCCC.[NaH]. The van der Waals surface area contributed by atoms with Gasteiger partial charge in [0, 0.05) is 6.42 Å². The number of rotatable bonds is 26. The molecule has 0 spiro atoms. The molecular weight excluding hydrogens is 415 g/mol.